The topological polar surface area (TPSA) is 56.6 Å². The van der Waals surface area contributed by atoms with Crippen molar-refractivity contribution in [2.75, 3.05) is 37.8 Å². The molecule has 17 heavy (non-hydrogen) atoms. The van der Waals surface area contributed by atoms with Gasteiger partial charge in [-0.2, -0.15) is 5.10 Å². The molecular formula is C11H17N3O3. The maximum Gasteiger partial charge on any atom is 0.343 e. The fourth-order valence-corrected chi connectivity index (χ4v) is 1.84. The first kappa shape index (κ1) is 11.9. The third-order valence-electron chi connectivity index (χ3n) is 2.62. The highest BCUT2D eigenvalue weighted by molar-refractivity contribution is 5.94. The number of ether oxygens (including phenoxy) is 2. The number of hydrogen-bond acceptors (Lipinski definition) is 5. The maximum atomic E-state index is 11.8. The summed E-state index contributed by atoms with van der Waals surface area (Å²) in [5.41, 5.74) is 0.524. The van der Waals surface area contributed by atoms with Gasteiger partial charge in [-0.1, -0.05) is 0 Å². The third-order valence-corrected chi connectivity index (χ3v) is 2.62. The molecule has 1 aliphatic rings. The quantitative estimate of drug-likeness (QED) is 0.716. The van der Waals surface area contributed by atoms with Crippen LogP contribution in [0.25, 0.3) is 0 Å². The van der Waals surface area contributed by atoms with Crippen LogP contribution in [0.4, 0.5) is 5.82 Å². The third kappa shape index (κ3) is 2.58. The Morgan fingerprint density at radius 1 is 1.53 bits per heavy atom. The molecule has 2 rings (SSSR count). The SMILES string of the molecule is CCOC(=O)c1cn(C)nc1N1CCOCC1. The van der Waals surface area contributed by atoms with E-state index in [1.165, 1.54) is 0 Å². The Morgan fingerprint density at radius 3 is 2.88 bits per heavy atom. The second-order valence-corrected chi connectivity index (χ2v) is 3.86. The molecule has 1 saturated heterocycles. The van der Waals surface area contributed by atoms with Crippen molar-refractivity contribution < 1.29 is 14.3 Å². The fourth-order valence-electron chi connectivity index (χ4n) is 1.84. The van der Waals surface area contributed by atoms with Crippen molar-refractivity contribution in [1.82, 2.24) is 9.78 Å². The van der Waals surface area contributed by atoms with Crippen LogP contribution in [-0.2, 0) is 16.5 Å². The zero-order chi connectivity index (χ0) is 12.3. The first-order chi connectivity index (χ1) is 8.22. The molecule has 1 fully saturated rings. The summed E-state index contributed by atoms with van der Waals surface area (Å²) >= 11 is 0. The van der Waals surface area contributed by atoms with E-state index in [0.29, 0.717) is 31.2 Å². The van der Waals surface area contributed by atoms with Crippen LogP contribution >= 0.6 is 0 Å². The van der Waals surface area contributed by atoms with Crippen molar-refractivity contribution in [1.29, 1.82) is 0 Å². The van der Waals surface area contributed by atoms with Gasteiger partial charge >= 0.3 is 5.97 Å². The molecule has 0 radical (unpaired) electrons. The minimum atomic E-state index is -0.318. The van der Waals surface area contributed by atoms with E-state index in [9.17, 15) is 4.79 Å². The predicted molar refractivity (Wildman–Crippen MR) is 62.2 cm³/mol. The molecule has 0 atom stereocenters. The van der Waals surface area contributed by atoms with Gasteiger partial charge in [0.25, 0.3) is 0 Å². The summed E-state index contributed by atoms with van der Waals surface area (Å²) in [6.45, 7) is 5.00. The Morgan fingerprint density at radius 2 is 2.24 bits per heavy atom. The number of morpholine rings is 1. The van der Waals surface area contributed by atoms with Crippen molar-refractivity contribution >= 4 is 11.8 Å². The normalized spacial score (nSPS) is 16.0. The zero-order valence-electron chi connectivity index (χ0n) is 10.2. The lowest BCUT2D eigenvalue weighted by Gasteiger charge is -2.27. The number of hydrogen-bond donors (Lipinski definition) is 0. The van der Waals surface area contributed by atoms with E-state index in [4.69, 9.17) is 9.47 Å². The number of aryl methyl sites for hydroxylation is 1. The Hall–Kier alpha value is -1.56. The van der Waals surface area contributed by atoms with Crippen LogP contribution in [0, 0.1) is 0 Å². The average Bonchev–Trinajstić information content (AvgIpc) is 2.73. The van der Waals surface area contributed by atoms with Gasteiger partial charge in [0.2, 0.25) is 0 Å². The standard InChI is InChI=1S/C11H17N3O3/c1-3-17-11(15)9-8-13(2)12-10(9)14-4-6-16-7-5-14/h8H,3-7H2,1-2H3. The molecule has 1 aromatic rings. The molecule has 1 aliphatic heterocycles. The molecule has 2 heterocycles. The summed E-state index contributed by atoms with van der Waals surface area (Å²) in [4.78, 5) is 13.8. The summed E-state index contributed by atoms with van der Waals surface area (Å²) in [6, 6.07) is 0. The number of carbonyl (C=O) groups excluding carboxylic acids is 1. The largest absolute Gasteiger partial charge is 0.462 e. The van der Waals surface area contributed by atoms with Crippen LogP contribution in [0.15, 0.2) is 6.20 Å². The van der Waals surface area contributed by atoms with E-state index in [1.54, 1.807) is 24.9 Å². The molecule has 94 valence electrons. The van der Waals surface area contributed by atoms with E-state index < -0.39 is 0 Å². The monoisotopic (exact) mass is 239 g/mol. The number of anilines is 1. The second-order valence-electron chi connectivity index (χ2n) is 3.86. The highest BCUT2D eigenvalue weighted by Crippen LogP contribution is 2.20. The molecule has 0 saturated carbocycles. The lowest BCUT2D eigenvalue weighted by molar-refractivity contribution is 0.0526. The smallest absolute Gasteiger partial charge is 0.343 e. The summed E-state index contributed by atoms with van der Waals surface area (Å²) in [5.74, 6) is 0.372. The molecule has 0 amide bonds. The highest BCUT2D eigenvalue weighted by atomic mass is 16.5. The summed E-state index contributed by atoms with van der Waals surface area (Å²) in [5, 5.41) is 4.32. The van der Waals surface area contributed by atoms with Gasteiger partial charge < -0.3 is 14.4 Å². The van der Waals surface area contributed by atoms with Crippen molar-refractivity contribution in [3.8, 4) is 0 Å². The van der Waals surface area contributed by atoms with Gasteiger partial charge in [-0.05, 0) is 6.92 Å². The van der Waals surface area contributed by atoms with E-state index in [2.05, 4.69) is 10.00 Å². The van der Waals surface area contributed by atoms with Crippen molar-refractivity contribution in [2.45, 2.75) is 6.92 Å². The van der Waals surface area contributed by atoms with Gasteiger partial charge in [0.1, 0.15) is 5.56 Å². The average molecular weight is 239 g/mol. The van der Waals surface area contributed by atoms with E-state index in [-0.39, 0.29) is 5.97 Å². The van der Waals surface area contributed by atoms with Gasteiger partial charge in [0, 0.05) is 26.3 Å². The van der Waals surface area contributed by atoms with Crippen LogP contribution in [0.2, 0.25) is 0 Å². The van der Waals surface area contributed by atoms with Gasteiger partial charge in [-0.3, -0.25) is 4.68 Å². The van der Waals surface area contributed by atoms with Crippen LogP contribution in [-0.4, -0.2) is 48.7 Å². The number of rotatable bonds is 3. The summed E-state index contributed by atoms with van der Waals surface area (Å²) in [6.07, 6.45) is 1.70. The van der Waals surface area contributed by atoms with Gasteiger partial charge in [0.05, 0.1) is 19.8 Å². The van der Waals surface area contributed by atoms with Gasteiger partial charge in [-0.25, -0.2) is 4.79 Å². The molecule has 0 bridgehead atoms. The van der Waals surface area contributed by atoms with Crippen molar-refractivity contribution in [3.63, 3.8) is 0 Å². The summed E-state index contributed by atoms with van der Waals surface area (Å²) in [7, 11) is 1.80. The van der Waals surface area contributed by atoms with Crippen LogP contribution in [0.3, 0.4) is 0 Å². The fraction of sp³-hybridized carbons (Fsp3) is 0.636. The van der Waals surface area contributed by atoms with Crippen LogP contribution in [0.5, 0.6) is 0 Å². The molecule has 0 aromatic carbocycles. The van der Waals surface area contributed by atoms with E-state index >= 15 is 0 Å². The molecule has 6 nitrogen and oxygen atoms in total. The van der Waals surface area contributed by atoms with Crippen LogP contribution < -0.4 is 4.90 Å². The first-order valence-corrected chi connectivity index (χ1v) is 5.76. The molecule has 0 unspecified atom stereocenters. The van der Waals surface area contributed by atoms with Crippen molar-refractivity contribution in [3.05, 3.63) is 11.8 Å². The number of aromatic nitrogens is 2. The molecule has 0 spiro atoms. The minimum absolute atomic E-state index is 0.318. The Labute approximate surface area is 100 Å². The molecule has 1 aromatic heterocycles. The van der Waals surface area contributed by atoms with Gasteiger partial charge in [-0.15, -0.1) is 0 Å². The van der Waals surface area contributed by atoms with E-state index in [0.717, 1.165) is 13.1 Å². The summed E-state index contributed by atoms with van der Waals surface area (Å²) < 4.78 is 11.9. The zero-order valence-corrected chi connectivity index (χ0v) is 10.2. The second kappa shape index (κ2) is 5.18. The highest BCUT2D eigenvalue weighted by Gasteiger charge is 2.23. The Bertz CT molecular complexity index is 397. The Kier molecular flexibility index (Phi) is 3.63. The predicted octanol–water partition coefficient (Wildman–Crippen LogP) is 0.433. The molecule has 0 N–H and O–H groups in total. The van der Waals surface area contributed by atoms with Crippen molar-refractivity contribution in [2.24, 2.45) is 7.05 Å². The number of carbonyl (C=O) groups is 1. The van der Waals surface area contributed by atoms with E-state index in [1.807, 2.05) is 0 Å². The Balaban J connectivity index is 2.22. The lowest BCUT2D eigenvalue weighted by atomic mass is 10.3. The molecule has 6 heteroatoms. The number of esters is 1. The molecule has 0 aliphatic carbocycles. The minimum Gasteiger partial charge on any atom is -0.462 e. The lowest BCUT2D eigenvalue weighted by Crippen LogP contribution is -2.37. The maximum absolute atomic E-state index is 11.8. The van der Waals surface area contributed by atoms with Crippen LogP contribution in [0.1, 0.15) is 17.3 Å². The van der Waals surface area contributed by atoms with Gasteiger partial charge in [0.15, 0.2) is 5.82 Å². The number of nitrogens with zero attached hydrogens (tertiary/aromatic N) is 3. The first-order valence-electron chi connectivity index (χ1n) is 5.76. The molecular weight excluding hydrogens is 222 g/mol.